The summed E-state index contributed by atoms with van der Waals surface area (Å²) in [5, 5.41) is 11.2. The van der Waals surface area contributed by atoms with E-state index in [1.807, 2.05) is 0 Å². The number of aliphatic hydroxyl groups excluding tert-OH is 1. The minimum absolute atomic E-state index is 0.00172. The first kappa shape index (κ1) is 22.9. The summed E-state index contributed by atoms with van der Waals surface area (Å²) < 4.78 is 24.2. The second-order valence-corrected chi connectivity index (χ2v) is 8.18. The third kappa shape index (κ3) is 4.62. The lowest BCUT2D eigenvalue weighted by Gasteiger charge is -2.31. The quantitative estimate of drug-likeness (QED) is 0.411. The van der Waals surface area contributed by atoms with E-state index < -0.39 is 23.5 Å². The molecule has 2 fully saturated rings. The number of hydrogen-bond donors (Lipinski definition) is 1. The third-order valence-corrected chi connectivity index (χ3v) is 6.18. The predicted molar refractivity (Wildman–Crippen MR) is 120 cm³/mol. The molecule has 8 heteroatoms. The lowest BCUT2D eigenvalue weighted by atomic mass is 9.94. The molecule has 0 unspecified atom stereocenters. The molecule has 2 aliphatic heterocycles. The van der Waals surface area contributed by atoms with Crippen LogP contribution in [-0.2, 0) is 14.3 Å². The topological polar surface area (TPSA) is 79.3 Å². The molecule has 7 nitrogen and oxygen atoms in total. The number of amides is 1. The van der Waals surface area contributed by atoms with Crippen LogP contribution < -0.4 is 4.74 Å². The highest BCUT2D eigenvalue weighted by atomic mass is 19.1. The van der Waals surface area contributed by atoms with Gasteiger partial charge in [0.2, 0.25) is 0 Å². The Morgan fingerprint density at radius 1 is 1.12 bits per heavy atom. The highest BCUT2D eigenvalue weighted by Crippen LogP contribution is 2.40. The van der Waals surface area contributed by atoms with Gasteiger partial charge in [-0.2, -0.15) is 0 Å². The van der Waals surface area contributed by atoms with Gasteiger partial charge in [-0.1, -0.05) is 12.1 Å². The maximum Gasteiger partial charge on any atom is 0.295 e. The molecule has 2 aliphatic rings. The molecule has 2 aromatic carbocycles. The molecule has 174 valence electrons. The maximum atomic E-state index is 13.6. The molecule has 33 heavy (non-hydrogen) atoms. The molecule has 1 amide bonds. The number of aliphatic hydroxyl groups is 1. The van der Waals surface area contributed by atoms with Crippen LogP contribution in [0.1, 0.15) is 22.7 Å². The number of morpholine rings is 1. The first-order valence-corrected chi connectivity index (χ1v) is 10.9. The van der Waals surface area contributed by atoms with E-state index in [1.54, 1.807) is 44.4 Å². The lowest BCUT2D eigenvalue weighted by molar-refractivity contribution is -0.140. The van der Waals surface area contributed by atoms with Crippen LogP contribution in [0.2, 0.25) is 0 Å². The van der Waals surface area contributed by atoms with Crippen LogP contribution in [0.15, 0.2) is 48.0 Å². The summed E-state index contributed by atoms with van der Waals surface area (Å²) in [6.07, 6.45) is 0. The van der Waals surface area contributed by atoms with E-state index in [4.69, 9.17) is 9.47 Å². The van der Waals surface area contributed by atoms with E-state index in [0.717, 1.165) is 13.1 Å². The van der Waals surface area contributed by atoms with Crippen LogP contribution in [0.5, 0.6) is 5.75 Å². The first-order valence-electron chi connectivity index (χ1n) is 10.9. The Kier molecular flexibility index (Phi) is 6.76. The van der Waals surface area contributed by atoms with Gasteiger partial charge in [0.1, 0.15) is 17.3 Å². The molecule has 0 saturated carbocycles. The molecule has 1 N–H and O–H groups in total. The summed E-state index contributed by atoms with van der Waals surface area (Å²) in [7, 11) is 1.54. The highest BCUT2D eigenvalue weighted by molar-refractivity contribution is 6.46. The Balaban J connectivity index is 1.75. The number of ether oxygens (including phenoxy) is 2. The molecule has 0 aliphatic carbocycles. The molecule has 0 aromatic heterocycles. The number of likely N-dealkylation sites (tertiary alicyclic amines) is 1. The van der Waals surface area contributed by atoms with Crippen LogP contribution in [0.4, 0.5) is 4.39 Å². The van der Waals surface area contributed by atoms with Gasteiger partial charge in [-0.3, -0.25) is 14.5 Å². The number of carbonyl (C=O) groups is 2. The Bertz CT molecular complexity index is 1080. The van der Waals surface area contributed by atoms with Crippen molar-refractivity contribution in [1.82, 2.24) is 9.80 Å². The Labute approximate surface area is 192 Å². The van der Waals surface area contributed by atoms with Crippen LogP contribution in [-0.4, -0.2) is 73.1 Å². The monoisotopic (exact) mass is 454 g/mol. The number of methoxy groups -OCH3 is 1. The summed E-state index contributed by atoms with van der Waals surface area (Å²) in [6.45, 7) is 5.39. The van der Waals surface area contributed by atoms with Crippen LogP contribution in [0.25, 0.3) is 5.76 Å². The Hall–Kier alpha value is -3.23. The summed E-state index contributed by atoms with van der Waals surface area (Å²) in [5.74, 6) is -1.49. The van der Waals surface area contributed by atoms with Crippen molar-refractivity contribution < 1.29 is 28.6 Å². The predicted octanol–water partition coefficient (Wildman–Crippen LogP) is 2.90. The zero-order valence-electron chi connectivity index (χ0n) is 18.7. The summed E-state index contributed by atoms with van der Waals surface area (Å²) in [4.78, 5) is 29.8. The maximum absolute atomic E-state index is 13.6. The van der Waals surface area contributed by atoms with Gasteiger partial charge < -0.3 is 19.5 Å². The standard InChI is InChI=1S/C25H27FN2O5/c1-16-15-19(32-2)7-8-20(16)23(29)21-22(17-3-5-18(26)6-4-17)28(25(31)24(21)30)10-9-27-11-13-33-14-12-27/h3-8,15,22,29H,9-14H2,1-2H3/t22-/m0/s1. The highest BCUT2D eigenvalue weighted by Gasteiger charge is 2.46. The van der Waals surface area contributed by atoms with Crippen LogP contribution in [0.3, 0.4) is 0 Å². The van der Waals surface area contributed by atoms with E-state index in [0.29, 0.717) is 48.7 Å². The van der Waals surface area contributed by atoms with Gasteiger partial charge in [-0.05, 0) is 48.4 Å². The Morgan fingerprint density at radius 2 is 1.82 bits per heavy atom. The molecule has 0 radical (unpaired) electrons. The van der Waals surface area contributed by atoms with Crippen molar-refractivity contribution in [3.05, 3.63) is 70.5 Å². The molecular weight excluding hydrogens is 427 g/mol. The number of benzene rings is 2. The number of Topliss-reactive ketones (excluding diaryl/α,β-unsaturated/α-hetero) is 1. The fourth-order valence-electron chi connectivity index (χ4n) is 4.35. The van der Waals surface area contributed by atoms with Crippen molar-refractivity contribution in [2.24, 2.45) is 0 Å². The minimum Gasteiger partial charge on any atom is -0.507 e. The smallest absolute Gasteiger partial charge is 0.295 e. The fourth-order valence-corrected chi connectivity index (χ4v) is 4.35. The normalized spacial score (nSPS) is 20.9. The van der Waals surface area contributed by atoms with Crippen molar-refractivity contribution in [1.29, 1.82) is 0 Å². The molecule has 2 aromatic rings. The van der Waals surface area contributed by atoms with E-state index in [1.165, 1.54) is 17.0 Å². The molecule has 2 heterocycles. The average Bonchev–Trinajstić information content (AvgIpc) is 3.08. The van der Waals surface area contributed by atoms with Crippen molar-refractivity contribution in [2.75, 3.05) is 46.5 Å². The summed E-state index contributed by atoms with van der Waals surface area (Å²) in [6, 6.07) is 9.94. The third-order valence-electron chi connectivity index (χ3n) is 6.18. The van der Waals surface area contributed by atoms with Crippen molar-refractivity contribution >= 4 is 17.4 Å². The van der Waals surface area contributed by atoms with Crippen LogP contribution in [0, 0.1) is 12.7 Å². The number of rotatable bonds is 6. The van der Waals surface area contributed by atoms with Gasteiger partial charge in [0.25, 0.3) is 11.7 Å². The van der Waals surface area contributed by atoms with E-state index >= 15 is 0 Å². The van der Waals surface area contributed by atoms with Gasteiger partial charge in [-0.15, -0.1) is 0 Å². The van der Waals surface area contributed by atoms with Gasteiger partial charge in [-0.25, -0.2) is 4.39 Å². The molecule has 1 atom stereocenters. The summed E-state index contributed by atoms with van der Waals surface area (Å²) in [5.41, 5.74) is 1.70. The average molecular weight is 454 g/mol. The van der Waals surface area contributed by atoms with Gasteiger partial charge in [0.15, 0.2) is 0 Å². The van der Waals surface area contributed by atoms with E-state index in [2.05, 4.69) is 4.90 Å². The number of hydrogen-bond acceptors (Lipinski definition) is 6. The zero-order chi connectivity index (χ0) is 23.5. The van der Waals surface area contributed by atoms with E-state index in [9.17, 15) is 19.1 Å². The van der Waals surface area contributed by atoms with Crippen molar-refractivity contribution in [3.8, 4) is 5.75 Å². The number of nitrogens with zero attached hydrogens (tertiary/aromatic N) is 2. The molecule has 0 spiro atoms. The summed E-state index contributed by atoms with van der Waals surface area (Å²) >= 11 is 0. The minimum atomic E-state index is -0.812. The largest absolute Gasteiger partial charge is 0.507 e. The number of carbonyl (C=O) groups excluding carboxylic acids is 2. The molecule has 0 bridgehead atoms. The number of halogens is 1. The Morgan fingerprint density at radius 3 is 2.45 bits per heavy atom. The second kappa shape index (κ2) is 9.72. The molecular formula is C25H27FN2O5. The number of aryl methyl sites for hydroxylation is 1. The van der Waals surface area contributed by atoms with E-state index in [-0.39, 0.29) is 11.3 Å². The van der Waals surface area contributed by atoms with Gasteiger partial charge in [0.05, 0.1) is 31.9 Å². The molecule has 4 rings (SSSR count). The van der Waals surface area contributed by atoms with Crippen LogP contribution >= 0.6 is 0 Å². The van der Waals surface area contributed by atoms with Crippen molar-refractivity contribution in [3.63, 3.8) is 0 Å². The SMILES string of the molecule is COc1ccc(C(O)=C2C(=O)C(=O)N(CCN3CCOCC3)[C@H]2c2ccc(F)cc2)c(C)c1. The van der Waals surface area contributed by atoms with Gasteiger partial charge >= 0.3 is 0 Å². The zero-order valence-corrected chi connectivity index (χ0v) is 18.7. The number of ketones is 1. The lowest BCUT2D eigenvalue weighted by Crippen LogP contribution is -2.42. The second-order valence-electron chi connectivity index (χ2n) is 8.18. The van der Waals surface area contributed by atoms with Gasteiger partial charge in [0, 0.05) is 31.7 Å². The molecule has 2 saturated heterocycles. The fraction of sp³-hybridized carbons (Fsp3) is 0.360. The van der Waals surface area contributed by atoms with Crippen molar-refractivity contribution in [2.45, 2.75) is 13.0 Å². The first-order chi connectivity index (χ1) is 15.9.